The van der Waals surface area contributed by atoms with Gasteiger partial charge in [-0.25, -0.2) is 0 Å². The summed E-state index contributed by atoms with van der Waals surface area (Å²) in [6.45, 7) is 2.69. The van der Waals surface area contributed by atoms with E-state index in [4.69, 9.17) is 0 Å². The maximum atomic E-state index is 12.7. The summed E-state index contributed by atoms with van der Waals surface area (Å²) in [5.41, 5.74) is 0. The highest BCUT2D eigenvalue weighted by molar-refractivity contribution is 6.13. The Morgan fingerprint density at radius 3 is 1.20 bits per heavy atom. The molecule has 2 aliphatic rings. The maximum absolute atomic E-state index is 12.7. The van der Waals surface area contributed by atoms with Crippen molar-refractivity contribution in [2.24, 2.45) is 11.8 Å². The molecule has 14 heteroatoms. The van der Waals surface area contributed by atoms with Crippen LogP contribution in [-0.2, 0) is 47.9 Å². The molecule has 0 spiro atoms. The van der Waals surface area contributed by atoms with Crippen LogP contribution in [-0.4, -0.2) is 81.7 Å². The van der Waals surface area contributed by atoms with Gasteiger partial charge in [-0.15, -0.1) is 0 Å². The molecule has 0 aromatic rings. The van der Waals surface area contributed by atoms with Gasteiger partial charge in [0.15, 0.2) is 0 Å². The third-order valence-corrected chi connectivity index (χ3v) is 7.37. The number of ketones is 2. The lowest BCUT2D eigenvalue weighted by atomic mass is 9.91. The van der Waals surface area contributed by atoms with E-state index in [2.05, 4.69) is 10.6 Å². The van der Waals surface area contributed by atoms with E-state index >= 15 is 0 Å². The smallest absolute Gasteiger partial charge is 0.253 e. The lowest BCUT2D eigenvalue weighted by Gasteiger charge is -2.17. The fourth-order valence-electron chi connectivity index (χ4n) is 5.06. The highest BCUT2D eigenvalue weighted by Gasteiger charge is 2.27. The van der Waals surface area contributed by atoms with Gasteiger partial charge >= 0.3 is 0 Å². The third kappa shape index (κ3) is 12.9. The van der Waals surface area contributed by atoms with Crippen molar-refractivity contribution in [1.29, 1.82) is 0 Å². The van der Waals surface area contributed by atoms with Gasteiger partial charge in [0.1, 0.15) is 11.6 Å². The molecule has 2 heterocycles. The van der Waals surface area contributed by atoms with Crippen LogP contribution < -0.4 is 10.6 Å². The van der Waals surface area contributed by atoms with E-state index in [0.29, 0.717) is 25.7 Å². The maximum Gasteiger partial charge on any atom is 0.253 e. The molecule has 0 saturated carbocycles. The largest absolute Gasteiger partial charge is 0.300 e. The molecule has 14 nitrogen and oxygen atoms in total. The van der Waals surface area contributed by atoms with Crippen molar-refractivity contribution in [3.05, 3.63) is 24.3 Å². The molecule has 2 rings (SSSR count). The van der Waals surface area contributed by atoms with Gasteiger partial charge in [-0.3, -0.25) is 68.4 Å². The second kappa shape index (κ2) is 18.2. The summed E-state index contributed by atoms with van der Waals surface area (Å²) in [5.74, 6) is -6.16. The first-order valence-corrected chi connectivity index (χ1v) is 15.0. The van der Waals surface area contributed by atoms with Crippen LogP contribution in [0.4, 0.5) is 0 Å². The van der Waals surface area contributed by atoms with E-state index in [-0.39, 0.29) is 69.6 Å². The molecule has 2 N–H and O–H groups in total. The third-order valence-electron chi connectivity index (χ3n) is 7.37. The van der Waals surface area contributed by atoms with Crippen LogP contribution in [0, 0.1) is 11.8 Å². The lowest BCUT2D eigenvalue weighted by molar-refractivity contribution is -0.138. The van der Waals surface area contributed by atoms with Crippen molar-refractivity contribution in [3.8, 4) is 0 Å². The van der Waals surface area contributed by atoms with Crippen molar-refractivity contribution in [2.75, 3.05) is 13.1 Å². The molecule has 45 heavy (non-hydrogen) atoms. The zero-order valence-corrected chi connectivity index (χ0v) is 25.6. The van der Waals surface area contributed by atoms with E-state index in [1.54, 1.807) is 0 Å². The van der Waals surface area contributed by atoms with Crippen LogP contribution in [0.25, 0.3) is 0 Å². The molecule has 244 valence electrons. The molecular weight excluding hydrogens is 588 g/mol. The van der Waals surface area contributed by atoms with Crippen LogP contribution in [0.2, 0.25) is 0 Å². The van der Waals surface area contributed by atoms with Gasteiger partial charge in [0, 0.05) is 88.8 Å². The quantitative estimate of drug-likeness (QED) is 0.144. The molecule has 0 radical (unpaired) electrons. The van der Waals surface area contributed by atoms with Crippen molar-refractivity contribution in [3.63, 3.8) is 0 Å². The summed E-state index contributed by atoms with van der Waals surface area (Å²) in [6, 6.07) is 0. The molecule has 0 fully saturated rings. The molecule has 2 atom stereocenters. The van der Waals surface area contributed by atoms with Gasteiger partial charge in [0.05, 0.1) is 0 Å². The Hall–Kier alpha value is -4.62. The Kier molecular flexibility index (Phi) is 14.8. The number of hydrogen-bond acceptors (Lipinski definition) is 10. The van der Waals surface area contributed by atoms with Crippen LogP contribution in [0.5, 0.6) is 0 Å². The van der Waals surface area contributed by atoms with Crippen molar-refractivity contribution >= 4 is 58.8 Å². The number of rotatable bonds is 20. The molecule has 2 aliphatic heterocycles. The first-order valence-electron chi connectivity index (χ1n) is 15.0. The summed E-state index contributed by atoms with van der Waals surface area (Å²) >= 11 is 0. The summed E-state index contributed by atoms with van der Waals surface area (Å²) in [7, 11) is 0. The predicted octanol–water partition coefficient (Wildman–Crippen LogP) is 0.824. The molecule has 8 amide bonds. The Labute approximate surface area is 261 Å². The first kappa shape index (κ1) is 36.6. The number of imide groups is 4. The SMILES string of the molecule is CC(=O)NC(=O)C(CCCCN1C(=O)C=CC1=O)CC(=O)CCCC(=O)CC(CCCCN1C(=O)C=CC1=O)C(=O)NC(C)=O. The highest BCUT2D eigenvalue weighted by Crippen LogP contribution is 2.19. The fraction of sp³-hybridized carbons (Fsp3) is 0.548. The Bertz CT molecular complexity index is 1150. The topological polar surface area (TPSA) is 201 Å². The van der Waals surface area contributed by atoms with Crippen molar-refractivity contribution in [1.82, 2.24) is 20.4 Å². The van der Waals surface area contributed by atoms with E-state index < -0.39 is 59.1 Å². The number of unbranched alkanes of at least 4 members (excludes halogenated alkanes) is 2. The predicted molar refractivity (Wildman–Crippen MR) is 157 cm³/mol. The molecule has 0 aliphatic carbocycles. The minimum absolute atomic E-state index is 0.00568. The van der Waals surface area contributed by atoms with Crippen LogP contribution in [0.3, 0.4) is 0 Å². The second-order valence-electron chi connectivity index (χ2n) is 11.1. The molecule has 0 aromatic carbocycles. The normalized spacial score (nSPS) is 15.4. The average Bonchev–Trinajstić information content (AvgIpc) is 3.45. The zero-order chi connectivity index (χ0) is 33.5. The standard InChI is InChI=1S/C31H40N4O10/c1-20(36)32-30(44)22(8-3-5-16-34-26(40)12-13-27(34)41)18-24(38)10-7-11-25(39)19-23(31(45)33-21(2)37)9-4-6-17-35-28(42)14-15-29(35)43/h12-15,22-23H,3-11,16-19H2,1-2H3,(H,32,36,44)(H,33,37,45). The lowest BCUT2D eigenvalue weighted by Crippen LogP contribution is -2.35. The molecule has 2 unspecified atom stereocenters. The van der Waals surface area contributed by atoms with Crippen LogP contribution >= 0.6 is 0 Å². The van der Waals surface area contributed by atoms with E-state index in [9.17, 15) is 47.9 Å². The van der Waals surface area contributed by atoms with Gasteiger partial charge in [-0.05, 0) is 32.1 Å². The number of Topliss-reactive ketones (excluding diaryl/α,β-unsaturated/α-hetero) is 2. The number of carbonyl (C=O) groups excluding carboxylic acids is 10. The van der Waals surface area contributed by atoms with E-state index in [1.807, 2.05) is 0 Å². The van der Waals surface area contributed by atoms with Crippen LogP contribution in [0.15, 0.2) is 24.3 Å². The molecule has 0 aromatic heterocycles. The summed E-state index contributed by atoms with van der Waals surface area (Å²) in [5, 5.41) is 4.38. The van der Waals surface area contributed by atoms with E-state index in [0.717, 1.165) is 9.80 Å². The zero-order valence-electron chi connectivity index (χ0n) is 25.6. The first-order chi connectivity index (χ1) is 21.3. The molecule has 0 saturated heterocycles. The summed E-state index contributed by atoms with van der Waals surface area (Å²) < 4.78 is 0. The molecule has 0 bridgehead atoms. The summed E-state index contributed by atoms with van der Waals surface area (Å²) in [6.07, 6.45) is 6.73. The van der Waals surface area contributed by atoms with Gasteiger partial charge in [-0.1, -0.05) is 12.8 Å². The Balaban J connectivity index is 1.81. The number of nitrogens with zero attached hydrogens (tertiary/aromatic N) is 2. The van der Waals surface area contributed by atoms with Gasteiger partial charge < -0.3 is 0 Å². The van der Waals surface area contributed by atoms with Gasteiger partial charge in [0.25, 0.3) is 23.6 Å². The van der Waals surface area contributed by atoms with Crippen LogP contribution in [0.1, 0.15) is 84.5 Å². The number of hydrogen-bond donors (Lipinski definition) is 2. The van der Waals surface area contributed by atoms with Gasteiger partial charge in [-0.2, -0.15) is 0 Å². The Morgan fingerprint density at radius 1 is 0.556 bits per heavy atom. The minimum atomic E-state index is -0.804. The van der Waals surface area contributed by atoms with Gasteiger partial charge in [0.2, 0.25) is 23.6 Å². The number of nitrogens with one attached hydrogen (secondary N) is 2. The van der Waals surface area contributed by atoms with Crippen molar-refractivity contribution in [2.45, 2.75) is 84.5 Å². The molecular formula is C31H40N4O10. The fourth-order valence-corrected chi connectivity index (χ4v) is 5.06. The second-order valence-corrected chi connectivity index (χ2v) is 11.1. The Morgan fingerprint density at radius 2 is 0.889 bits per heavy atom. The van der Waals surface area contributed by atoms with E-state index in [1.165, 1.54) is 38.2 Å². The number of amides is 8. The minimum Gasteiger partial charge on any atom is -0.300 e. The average molecular weight is 629 g/mol. The monoisotopic (exact) mass is 628 g/mol. The summed E-state index contributed by atoms with van der Waals surface area (Å²) in [4.78, 5) is 122. The highest BCUT2D eigenvalue weighted by atomic mass is 16.2. The van der Waals surface area contributed by atoms with Crippen molar-refractivity contribution < 1.29 is 47.9 Å². The number of carbonyl (C=O) groups is 10.